The summed E-state index contributed by atoms with van der Waals surface area (Å²) >= 11 is 0. The first-order valence-corrected chi connectivity index (χ1v) is 3.61. The quantitative estimate of drug-likeness (QED) is 0.540. The van der Waals surface area contributed by atoms with Crippen molar-refractivity contribution in [1.82, 2.24) is 0 Å². The molecule has 0 saturated heterocycles. The van der Waals surface area contributed by atoms with Gasteiger partial charge in [-0.25, -0.2) is 0 Å². The normalized spacial score (nSPS) is 19.6. The second kappa shape index (κ2) is 2.82. The number of hydrogen-bond donors (Lipinski definition) is 0. The Morgan fingerprint density at radius 2 is 2.10 bits per heavy atom. The second-order valence-corrected chi connectivity index (χ2v) is 2.62. The lowest BCUT2D eigenvalue weighted by Gasteiger charge is -1.90. The Morgan fingerprint density at radius 1 is 1.40 bits per heavy atom. The Balaban J connectivity index is 2.88. The van der Waals surface area contributed by atoms with Crippen LogP contribution in [0.15, 0.2) is 23.3 Å². The Labute approximate surface area is 61.4 Å². The third-order valence-corrected chi connectivity index (χ3v) is 1.82. The Kier molecular flexibility index (Phi) is 2.05. The van der Waals surface area contributed by atoms with E-state index in [1.165, 1.54) is 5.57 Å². The summed E-state index contributed by atoms with van der Waals surface area (Å²) in [6, 6.07) is 0. The van der Waals surface area contributed by atoms with Gasteiger partial charge in [-0.1, -0.05) is 17.7 Å². The number of hydrogen-bond acceptors (Lipinski definition) is 1. The average Bonchev–Trinajstić information content (AvgIpc) is 2.20. The van der Waals surface area contributed by atoms with Crippen LogP contribution < -0.4 is 0 Å². The smallest absolute Gasteiger partial charge is 0.163 e. The minimum Gasteiger partial charge on any atom is -0.294 e. The van der Waals surface area contributed by atoms with E-state index < -0.39 is 0 Å². The molecule has 1 nitrogen and oxygen atoms in total. The molecule has 0 fully saturated rings. The zero-order valence-electron chi connectivity index (χ0n) is 6.48. The largest absolute Gasteiger partial charge is 0.294 e. The van der Waals surface area contributed by atoms with Crippen LogP contribution >= 0.6 is 0 Å². The van der Waals surface area contributed by atoms with Crippen LogP contribution in [0.2, 0.25) is 0 Å². The summed E-state index contributed by atoms with van der Waals surface area (Å²) < 4.78 is 0. The van der Waals surface area contributed by atoms with Crippen LogP contribution in [-0.4, -0.2) is 5.78 Å². The number of rotatable bonds is 1. The molecule has 0 aromatic rings. The fourth-order valence-electron chi connectivity index (χ4n) is 1.21. The van der Waals surface area contributed by atoms with Crippen molar-refractivity contribution in [3.63, 3.8) is 0 Å². The summed E-state index contributed by atoms with van der Waals surface area (Å²) in [5, 5.41) is 0. The lowest BCUT2D eigenvalue weighted by Crippen LogP contribution is -1.91. The van der Waals surface area contributed by atoms with Crippen LogP contribution in [0.5, 0.6) is 0 Å². The van der Waals surface area contributed by atoms with Crippen molar-refractivity contribution in [2.45, 2.75) is 26.7 Å². The van der Waals surface area contributed by atoms with Crippen molar-refractivity contribution in [2.24, 2.45) is 0 Å². The predicted octanol–water partition coefficient (Wildman–Crippen LogP) is 2.24. The van der Waals surface area contributed by atoms with E-state index in [9.17, 15) is 4.79 Å². The number of carbonyl (C=O) groups is 1. The fraction of sp³-hybridized carbons (Fsp3) is 0.444. The molecule has 0 unspecified atom stereocenters. The van der Waals surface area contributed by atoms with Gasteiger partial charge < -0.3 is 0 Å². The van der Waals surface area contributed by atoms with Crippen molar-refractivity contribution >= 4 is 5.78 Å². The van der Waals surface area contributed by atoms with Crippen molar-refractivity contribution in [2.75, 3.05) is 0 Å². The summed E-state index contributed by atoms with van der Waals surface area (Å²) in [4.78, 5) is 11.1. The van der Waals surface area contributed by atoms with Gasteiger partial charge in [-0.3, -0.25) is 4.79 Å². The van der Waals surface area contributed by atoms with E-state index in [0.29, 0.717) is 12.2 Å². The van der Waals surface area contributed by atoms with E-state index in [2.05, 4.69) is 0 Å². The molecular formula is C9H12O. The molecule has 54 valence electrons. The van der Waals surface area contributed by atoms with Crippen LogP contribution in [0, 0.1) is 0 Å². The van der Waals surface area contributed by atoms with Gasteiger partial charge in [-0.05, 0) is 20.3 Å². The molecule has 0 heterocycles. The molecule has 0 aromatic carbocycles. The van der Waals surface area contributed by atoms with Crippen LogP contribution in [0.1, 0.15) is 26.7 Å². The molecule has 1 aliphatic carbocycles. The number of ketones is 1. The van der Waals surface area contributed by atoms with E-state index in [1.807, 2.05) is 26.0 Å². The fourth-order valence-corrected chi connectivity index (χ4v) is 1.21. The molecule has 1 rings (SSSR count). The third-order valence-electron chi connectivity index (χ3n) is 1.82. The molecule has 0 saturated carbocycles. The van der Waals surface area contributed by atoms with Crippen molar-refractivity contribution in [3.8, 4) is 0 Å². The van der Waals surface area contributed by atoms with Gasteiger partial charge in [0.2, 0.25) is 0 Å². The maximum absolute atomic E-state index is 11.1. The van der Waals surface area contributed by atoms with Gasteiger partial charge in [-0.2, -0.15) is 0 Å². The standard InChI is InChI=1S/C9H12O/c1-3-4-8-7(2)5-6-9(8)10/h3-4H,5-6H2,1-2H3/b4-3+. The first-order valence-electron chi connectivity index (χ1n) is 3.61. The highest BCUT2D eigenvalue weighted by molar-refractivity contribution is 6.01. The number of allylic oxidation sites excluding steroid dienone is 4. The van der Waals surface area contributed by atoms with Gasteiger partial charge in [-0.15, -0.1) is 0 Å². The first-order chi connectivity index (χ1) is 4.75. The van der Waals surface area contributed by atoms with E-state index >= 15 is 0 Å². The zero-order chi connectivity index (χ0) is 7.56. The third kappa shape index (κ3) is 1.18. The summed E-state index contributed by atoms with van der Waals surface area (Å²) in [6.45, 7) is 3.96. The maximum atomic E-state index is 11.1. The molecule has 0 atom stereocenters. The second-order valence-electron chi connectivity index (χ2n) is 2.62. The van der Waals surface area contributed by atoms with Gasteiger partial charge in [0.25, 0.3) is 0 Å². The minimum atomic E-state index is 0.301. The molecule has 1 heteroatoms. The predicted molar refractivity (Wildman–Crippen MR) is 41.8 cm³/mol. The molecule has 0 bridgehead atoms. The van der Waals surface area contributed by atoms with Crippen molar-refractivity contribution in [1.29, 1.82) is 0 Å². The van der Waals surface area contributed by atoms with E-state index in [4.69, 9.17) is 0 Å². The molecule has 0 spiro atoms. The van der Waals surface area contributed by atoms with E-state index in [0.717, 1.165) is 12.0 Å². The lowest BCUT2D eigenvalue weighted by atomic mass is 10.1. The van der Waals surface area contributed by atoms with E-state index in [-0.39, 0.29) is 0 Å². The molecule has 0 radical (unpaired) electrons. The zero-order valence-corrected chi connectivity index (χ0v) is 6.48. The van der Waals surface area contributed by atoms with Gasteiger partial charge in [0.15, 0.2) is 5.78 Å². The Bertz CT molecular complexity index is 209. The molecule has 10 heavy (non-hydrogen) atoms. The summed E-state index contributed by atoms with van der Waals surface area (Å²) in [5.41, 5.74) is 2.17. The maximum Gasteiger partial charge on any atom is 0.163 e. The highest BCUT2D eigenvalue weighted by Gasteiger charge is 2.16. The summed E-state index contributed by atoms with van der Waals surface area (Å²) in [6.07, 6.45) is 5.50. The van der Waals surface area contributed by atoms with Crippen molar-refractivity contribution in [3.05, 3.63) is 23.3 Å². The average molecular weight is 136 g/mol. The molecular weight excluding hydrogens is 124 g/mol. The van der Waals surface area contributed by atoms with Crippen LogP contribution in [0.4, 0.5) is 0 Å². The van der Waals surface area contributed by atoms with Crippen LogP contribution in [0.3, 0.4) is 0 Å². The Hall–Kier alpha value is -0.850. The number of carbonyl (C=O) groups excluding carboxylic acids is 1. The molecule has 0 aliphatic heterocycles. The minimum absolute atomic E-state index is 0.301. The van der Waals surface area contributed by atoms with Gasteiger partial charge in [0.1, 0.15) is 0 Å². The van der Waals surface area contributed by atoms with Crippen LogP contribution in [0.25, 0.3) is 0 Å². The lowest BCUT2D eigenvalue weighted by molar-refractivity contribution is -0.114. The summed E-state index contributed by atoms with van der Waals surface area (Å²) in [7, 11) is 0. The van der Waals surface area contributed by atoms with Crippen molar-refractivity contribution < 1.29 is 4.79 Å². The van der Waals surface area contributed by atoms with Crippen LogP contribution in [-0.2, 0) is 4.79 Å². The molecule has 1 aliphatic rings. The molecule has 0 N–H and O–H groups in total. The SMILES string of the molecule is C/C=C/C1=C(C)CCC1=O. The van der Waals surface area contributed by atoms with Gasteiger partial charge in [0, 0.05) is 12.0 Å². The molecule has 0 amide bonds. The highest BCUT2D eigenvalue weighted by Crippen LogP contribution is 2.22. The van der Waals surface area contributed by atoms with Gasteiger partial charge >= 0.3 is 0 Å². The first kappa shape index (κ1) is 7.26. The van der Waals surface area contributed by atoms with Gasteiger partial charge in [0.05, 0.1) is 0 Å². The Morgan fingerprint density at radius 3 is 2.50 bits per heavy atom. The van der Waals surface area contributed by atoms with E-state index in [1.54, 1.807) is 0 Å². The highest BCUT2D eigenvalue weighted by atomic mass is 16.1. The summed E-state index contributed by atoms with van der Waals surface area (Å²) in [5.74, 6) is 0.301. The molecule has 0 aromatic heterocycles. The number of Topliss-reactive ketones (excluding diaryl/α,β-unsaturated/α-hetero) is 1. The monoisotopic (exact) mass is 136 g/mol. The topological polar surface area (TPSA) is 17.1 Å².